The standard InChI is InChI=1S/C28H33N9O3S2/c1-35(2)25(39)21-11-15-5-6-20-18(12-22(41-20)26(40)36(3)4)28(24(15)42-21,27-31-33-34-32-27)7-8-30-14-23(38)37-17(13-29)9-16-10-19(16)37/h11-12,16-17,19,30H,5-10,14H2,1-4H3,(H,31,32,33,34)/t16-,17+,19+,28?/m1/s1. The third-order valence-electron chi connectivity index (χ3n) is 8.54. The first kappa shape index (κ1) is 28.4. The monoisotopic (exact) mass is 607 g/mol. The van der Waals surface area contributed by atoms with Gasteiger partial charge >= 0.3 is 0 Å². The molecule has 42 heavy (non-hydrogen) atoms. The molecule has 3 aromatic heterocycles. The van der Waals surface area contributed by atoms with E-state index in [9.17, 15) is 19.6 Å². The molecule has 3 aromatic rings. The van der Waals surface area contributed by atoms with E-state index in [1.54, 1.807) is 42.9 Å². The van der Waals surface area contributed by atoms with Gasteiger partial charge in [0.15, 0.2) is 5.82 Å². The summed E-state index contributed by atoms with van der Waals surface area (Å²) in [5.74, 6) is 0.691. The minimum Gasteiger partial charge on any atom is -0.344 e. The number of rotatable bonds is 8. The second-order valence-electron chi connectivity index (χ2n) is 11.6. The number of tetrazole rings is 1. The van der Waals surface area contributed by atoms with Gasteiger partial charge in [-0.2, -0.15) is 10.5 Å². The molecule has 0 radical (unpaired) electrons. The van der Waals surface area contributed by atoms with Crippen LogP contribution in [-0.4, -0.2) is 106 Å². The van der Waals surface area contributed by atoms with Gasteiger partial charge in [0.05, 0.1) is 27.8 Å². The molecule has 3 amide bonds. The van der Waals surface area contributed by atoms with E-state index in [-0.39, 0.29) is 36.3 Å². The van der Waals surface area contributed by atoms with Crippen molar-refractivity contribution in [3.05, 3.63) is 48.6 Å². The molecule has 3 aliphatic rings. The van der Waals surface area contributed by atoms with Crippen LogP contribution in [0.5, 0.6) is 0 Å². The fourth-order valence-corrected chi connectivity index (χ4v) is 9.11. The summed E-state index contributed by atoms with van der Waals surface area (Å²) >= 11 is 2.91. The van der Waals surface area contributed by atoms with E-state index < -0.39 is 5.41 Å². The number of likely N-dealkylation sites (tertiary alicyclic amines) is 1. The molecule has 0 aromatic carbocycles. The Hall–Kier alpha value is -3.67. The summed E-state index contributed by atoms with van der Waals surface area (Å²) in [7, 11) is 6.94. The number of amides is 3. The Balaban J connectivity index is 1.38. The van der Waals surface area contributed by atoms with Crippen LogP contribution in [0, 0.1) is 17.2 Å². The molecule has 1 unspecified atom stereocenters. The first-order valence-corrected chi connectivity index (χ1v) is 15.6. The Bertz CT molecular complexity index is 1500. The van der Waals surface area contributed by atoms with Crippen LogP contribution in [0.25, 0.3) is 0 Å². The van der Waals surface area contributed by atoms with Crippen LogP contribution in [0.15, 0.2) is 12.1 Å². The zero-order valence-electron chi connectivity index (χ0n) is 24.0. The predicted octanol–water partition coefficient (Wildman–Crippen LogP) is 1.65. The number of carbonyl (C=O) groups excluding carboxylic acids is 3. The number of nitrogens with zero attached hydrogens (tertiary/aromatic N) is 7. The highest BCUT2D eigenvalue weighted by Crippen LogP contribution is 2.51. The maximum absolute atomic E-state index is 13.1. The quantitative estimate of drug-likeness (QED) is 0.367. The number of piperidine rings is 1. The maximum atomic E-state index is 13.1. The topological polar surface area (TPSA) is 151 Å². The number of aromatic amines is 1. The molecule has 4 heterocycles. The van der Waals surface area contributed by atoms with Crippen LogP contribution in [-0.2, 0) is 23.1 Å². The number of carbonyl (C=O) groups is 3. The van der Waals surface area contributed by atoms with Crippen molar-refractivity contribution in [3.8, 4) is 6.07 Å². The van der Waals surface area contributed by atoms with E-state index in [0.29, 0.717) is 47.3 Å². The van der Waals surface area contributed by atoms with Gasteiger partial charge in [0.1, 0.15) is 6.04 Å². The van der Waals surface area contributed by atoms with Crippen LogP contribution in [0.3, 0.4) is 0 Å². The van der Waals surface area contributed by atoms with Gasteiger partial charge in [-0.05, 0) is 67.8 Å². The number of nitrogens with one attached hydrogen (secondary N) is 2. The van der Waals surface area contributed by atoms with Crippen LogP contribution in [0.2, 0.25) is 0 Å². The average Bonchev–Trinajstić information content (AvgIpc) is 3.47. The maximum Gasteiger partial charge on any atom is 0.263 e. The first-order chi connectivity index (χ1) is 20.1. The molecule has 0 spiro atoms. The molecule has 12 nitrogen and oxygen atoms in total. The molecular formula is C28H33N9O3S2. The summed E-state index contributed by atoms with van der Waals surface area (Å²) in [6, 6.07) is 6.04. The lowest BCUT2D eigenvalue weighted by Crippen LogP contribution is -2.44. The highest BCUT2D eigenvalue weighted by molar-refractivity contribution is 7.15. The summed E-state index contributed by atoms with van der Waals surface area (Å²) in [6.45, 7) is 0.548. The first-order valence-electron chi connectivity index (χ1n) is 14.0. The van der Waals surface area contributed by atoms with Crippen molar-refractivity contribution in [2.24, 2.45) is 5.92 Å². The van der Waals surface area contributed by atoms with E-state index in [4.69, 9.17) is 0 Å². The molecular weight excluding hydrogens is 575 g/mol. The van der Waals surface area contributed by atoms with Gasteiger partial charge < -0.3 is 20.0 Å². The number of thiophene rings is 2. The summed E-state index contributed by atoms with van der Waals surface area (Å²) in [5.41, 5.74) is 1.08. The van der Waals surface area contributed by atoms with Crippen molar-refractivity contribution in [3.63, 3.8) is 0 Å². The van der Waals surface area contributed by atoms with Crippen molar-refractivity contribution in [1.82, 2.24) is 40.6 Å². The van der Waals surface area contributed by atoms with Crippen LogP contribution < -0.4 is 5.32 Å². The van der Waals surface area contributed by atoms with Crippen molar-refractivity contribution in [2.45, 2.75) is 49.6 Å². The van der Waals surface area contributed by atoms with Gasteiger partial charge in [-0.1, -0.05) is 5.21 Å². The SMILES string of the molecule is CN(C)C(=O)c1cc2c(s1)CCc1cc(C(=O)N(C)C)sc1C2(CCNCC(=O)N1[C@H](C#N)C[C@@H]2C[C@@H]21)c1nn[nH]n1. The molecule has 2 aliphatic carbocycles. The zero-order valence-corrected chi connectivity index (χ0v) is 25.6. The number of hydrogen-bond acceptors (Lipinski definition) is 10. The van der Waals surface area contributed by atoms with Crippen molar-refractivity contribution in [2.75, 3.05) is 41.3 Å². The van der Waals surface area contributed by atoms with E-state index in [1.807, 2.05) is 12.1 Å². The molecule has 6 rings (SSSR count). The fourth-order valence-electron chi connectivity index (χ4n) is 6.39. The minimum atomic E-state index is -0.897. The van der Waals surface area contributed by atoms with E-state index >= 15 is 0 Å². The lowest BCUT2D eigenvalue weighted by atomic mass is 9.75. The van der Waals surface area contributed by atoms with Crippen LogP contribution in [0.4, 0.5) is 0 Å². The third-order valence-corrected chi connectivity index (χ3v) is 11.1. The molecule has 14 heteroatoms. The van der Waals surface area contributed by atoms with Gasteiger partial charge in [0.2, 0.25) is 5.91 Å². The van der Waals surface area contributed by atoms with Gasteiger partial charge in [-0.25, -0.2) is 0 Å². The molecule has 2 fully saturated rings. The zero-order chi connectivity index (χ0) is 29.8. The minimum absolute atomic E-state index is 0.0632. The largest absolute Gasteiger partial charge is 0.344 e. The second-order valence-corrected chi connectivity index (χ2v) is 13.8. The molecule has 2 N–H and O–H groups in total. The van der Waals surface area contributed by atoms with E-state index in [0.717, 1.165) is 33.7 Å². The summed E-state index contributed by atoms with van der Waals surface area (Å²) in [5, 5.41) is 28.3. The second kappa shape index (κ2) is 10.9. The molecule has 1 aliphatic heterocycles. The van der Waals surface area contributed by atoms with E-state index in [1.165, 1.54) is 22.7 Å². The van der Waals surface area contributed by atoms with E-state index in [2.05, 4.69) is 32.0 Å². The molecule has 220 valence electrons. The van der Waals surface area contributed by atoms with Gasteiger partial charge in [-0.15, -0.1) is 32.9 Å². The summed E-state index contributed by atoms with van der Waals surface area (Å²) in [4.78, 5) is 47.4. The van der Waals surface area contributed by atoms with Gasteiger partial charge in [0, 0.05) is 44.0 Å². The normalized spacial score (nSPS) is 23.8. The average molecular weight is 608 g/mol. The number of aromatic nitrogens is 4. The Morgan fingerprint density at radius 2 is 1.86 bits per heavy atom. The van der Waals surface area contributed by atoms with Crippen LogP contribution >= 0.6 is 22.7 Å². The lowest BCUT2D eigenvalue weighted by Gasteiger charge is -2.31. The number of H-pyrrole nitrogens is 1. The van der Waals surface area contributed by atoms with Crippen LogP contribution in [0.1, 0.15) is 65.3 Å². The molecule has 0 bridgehead atoms. The third kappa shape index (κ3) is 4.69. The lowest BCUT2D eigenvalue weighted by molar-refractivity contribution is -0.131. The summed E-state index contributed by atoms with van der Waals surface area (Å²) in [6.07, 6.45) is 3.62. The fraction of sp³-hybridized carbons (Fsp3) is 0.536. The molecule has 1 saturated heterocycles. The van der Waals surface area contributed by atoms with Gasteiger partial charge in [-0.3, -0.25) is 14.4 Å². The Labute approximate surface area is 251 Å². The number of hydrogen-bond donors (Lipinski definition) is 2. The number of aryl methyl sites for hydroxylation is 2. The Kier molecular flexibility index (Phi) is 7.36. The molecule has 1 saturated carbocycles. The van der Waals surface area contributed by atoms with Crippen molar-refractivity contribution < 1.29 is 14.4 Å². The number of nitriles is 1. The summed E-state index contributed by atoms with van der Waals surface area (Å²) < 4.78 is 0. The van der Waals surface area contributed by atoms with Gasteiger partial charge in [0.25, 0.3) is 11.8 Å². The molecule has 4 atom stereocenters. The highest BCUT2D eigenvalue weighted by Gasteiger charge is 2.54. The number of fused-ring (bicyclic) bond motifs is 3. The Morgan fingerprint density at radius 3 is 2.52 bits per heavy atom. The van der Waals surface area contributed by atoms with Crippen molar-refractivity contribution >= 4 is 40.4 Å². The van der Waals surface area contributed by atoms with Crippen molar-refractivity contribution in [1.29, 1.82) is 5.26 Å². The predicted molar refractivity (Wildman–Crippen MR) is 156 cm³/mol. The Morgan fingerprint density at radius 1 is 1.12 bits per heavy atom. The highest BCUT2D eigenvalue weighted by atomic mass is 32.1. The smallest absolute Gasteiger partial charge is 0.263 e.